The SMILES string of the molecule is COc1cc2c(c(C#N)c1Cl)OCCO2. The quantitative estimate of drug-likeness (QED) is 0.734. The van der Waals surface area contributed by atoms with E-state index in [4.69, 9.17) is 31.1 Å². The first-order valence-corrected chi connectivity index (χ1v) is 4.72. The Balaban J connectivity index is 2.65. The number of nitriles is 1. The fourth-order valence-corrected chi connectivity index (χ4v) is 1.65. The molecule has 0 saturated carbocycles. The minimum Gasteiger partial charge on any atom is -0.495 e. The molecule has 0 bridgehead atoms. The molecule has 0 spiro atoms. The Morgan fingerprint density at radius 2 is 2.20 bits per heavy atom. The molecule has 0 amide bonds. The largest absolute Gasteiger partial charge is 0.495 e. The molecule has 0 aliphatic carbocycles. The molecule has 1 heterocycles. The Hall–Kier alpha value is -1.60. The number of hydrogen-bond acceptors (Lipinski definition) is 4. The van der Waals surface area contributed by atoms with E-state index in [0.29, 0.717) is 30.5 Å². The topological polar surface area (TPSA) is 51.5 Å². The van der Waals surface area contributed by atoms with Crippen LogP contribution < -0.4 is 14.2 Å². The van der Waals surface area contributed by atoms with Crippen molar-refractivity contribution in [2.45, 2.75) is 0 Å². The van der Waals surface area contributed by atoms with Crippen LogP contribution in [0.15, 0.2) is 6.07 Å². The van der Waals surface area contributed by atoms with Gasteiger partial charge in [0.25, 0.3) is 0 Å². The number of rotatable bonds is 1. The maximum atomic E-state index is 8.97. The Morgan fingerprint density at radius 1 is 1.47 bits per heavy atom. The second-order valence-corrected chi connectivity index (χ2v) is 3.28. The van der Waals surface area contributed by atoms with Crippen LogP contribution >= 0.6 is 11.6 Å². The van der Waals surface area contributed by atoms with Crippen molar-refractivity contribution >= 4 is 11.6 Å². The lowest BCUT2D eigenvalue weighted by atomic mass is 10.1. The van der Waals surface area contributed by atoms with Gasteiger partial charge in [-0.3, -0.25) is 0 Å². The molecule has 1 aromatic carbocycles. The van der Waals surface area contributed by atoms with Gasteiger partial charge in [0, 0.05) is 6.07 Å². The van der Waals surface area contributed by atoms with E-state index in [9.17, 15) is 0 Å². The Kier molecular flexibility index (Phi) is 2.57. The summed E-state index contributed by atoms with van der Waals surface area (Å²) in [6.45, 7) is 0.882. The molecule has 0 aromatic heterocycles. The van der Waals surface area contributed by atoms with Crippen molar-refractivity contribution in [3.05, 3.63) is 16.7 Å². The standard InChI is InChI=1S/C10H8ClNO3/c1-13-7-4-8-10(15-3-2-14-8)6(5-12)9(7)11/h4H,2-3H2,1H3. The molecule has 0 fully saturated rings. The maximum absolute atomic E-state index is 8.97. The number of hydrogen-bond donors (Lipinski definition) is 0. The fourth-order valence-electron chi connectivity index (χ4n) is 1.39. The van der Waals surface area contributed by atoms with Crippen LogP contribution in [0, 0.1) is 11.3 Å². The molecule has 0 N–H and O–H groups in total. The highest BCUT2D eigenvalue weighted by molar-refractivity contribution is 6.33. The zero-order valence-electron chi connectivity index (χ0n) is 8.04. The van der Waals surface area contributed by atoms with Crippen LogP contribution in [0.4, 0.5) is 0 Å². The molecule has 4 nitrogen and oxygen atoms in total. The van der Waals surface area contributed by atoms with Gasteiger partial charge in [-0.25, -0.2) is 0 Å². The smallest absolute Gasteiger partial charge is 0.180 e. The van der Waals surface area contributed by atoms with Crippen molar-refractivity contribution in [1.82, 2.24) is 0 Å². The van der Waals surface area contributed by atoms with E-state index in [-0.39, 0.29) is 10.6 Å². The highest BCUT2D eigenvalue weighted by atomic mass is 35.5. The summed E-state index contributed by atoms with van der Waals surface area (Å²) in [5.41, 5.74) is 0.255. The minimum atomic E-state index is 0.254. The molecule has 2 rings (SSSR count). The molecule has 5 heteroatoms. The van der Waals surface area contributed by atoms with E-state index in [2.05, 4.69) is 0 Å². The highest BCUT2D eigenvalue weighted by Gasteiger charge is 2.22. The van der Waals surface area contributed by atoms with Crippen molar-refractivity contribution in [3.63, 3.8) is 0 Å². The van der Waals surface area contributed by atoms with Gasteiger partial charge in [0.1, 0.15) is 35.6 Å². The third-order valence-corrected chi connectivity index (χ3v) is 2.44. The molecule has 0 saturated heterocycles. The van der Waals surface area contributed by atoms with Crippen molar-refractivity contribution in [2.75, 3.05) is 20.3 Å². The molecule has 0 atom stereocenters. The Bertz CT molecular complexity index is 439. The van der Waals surface area contributed by atoms with Crippen LogP contribution in [0.1, 0.15) is 5.56 Å². The Morgan fingerprint density at radius 3 is 2.87 bits per heavy atom. The Labute approximate surface area is 91.9 Å². The van der Waals surface area contributed by atoms with Gasteiger partial charge in [0.05, 0.1) is 7.11 Å². The maximum Gasteiger partial charge on any atom is 0.180 e. The monoisotopic (exact) mass is 225 g/mol. The molecule has 0 radical (unpaired) electrons. The van der Waals surface area contributed by atoms with Crippen LogP contribution in [-0.2, 0) is 0 Å². The zero-order valence-corrected chi connectivity index (χ0v) is 8.80. The normalized spacial score (nSPS) is 13.1. The van der Waals surface area contributed by atoms with Crippen molar-refractivity contribution < 1.29 is 14.2 Å². The number of methoxy groups -OCH3 is 1. The van der Waals surface area contributed by atoms with Gasteiger partial charge < -0.3 is 14.2 Å². The van der Waals surface area contributed by atoms with E-state index < -0.39 is 0 Å². The number of ether oxygens (including phenoxy) is 3. The minimum absolute atomic E-state index is 0.254. The van der Waals surface area contributed by atoms with E-state index in [1.54, 1.807) is 6.07 Å². The van der Waals surface area contributed by atoms with Crippen molar-refractivity contribution in [2.24, 2.45) is 0 Å². The average molecular weight is 226 g/mol. The third-order valence-electron chi connectivity index (χ3n) is 2.07. The van der Waals surface area contributed by atoms with Gasteiger partial charge in [0.2, 0.25) is 0 Å². The van der Waals surface area contributed by atoms with E-state index in [0.717, 1.165) is 0 Å². The van der Waals surface area contributed by atoms with Gasteiger partial charge >= 0.3 is 0 Å². The van der Waals surface area contributed by atoms with Crippen LogP contribution in [0.25, 0.3) is 0 Å². The van der Waals surface area contributed by atoms with Gasteiger partial charge in [-0.05, 0) is 0 Å². The van der Waals surface area contributed by atoms with Crippen molar-refractivity contribution in [1.29, 1.82) is 5.26 Å². The van der Waals surface area contributed by atoms with Crippen molar-refractivity contribution in [3.8, 4) is 23.3 Å². The summed E-state index contributed by atoms with van der Waals surface area (Å²) < 4.78 is 15.7. The summed E-state index contributed by atoms with van der Waals surface area (Å²) in [5, 5.41) is 9.22. The lowest BCUT2D eigenvalue weighted by Crippen LogP contribution is -2.16. The molecular formula is C10H8ClNO3. The first-order valence-electron chi connectivity index (χ1n) is 4.34. The number of fused-ring (bicyclic) bond motifs is 1. The van der Waals surface area contributed by atoms with Crippen LogP contribution in [0.2, 0.25) is 5.02 Å². The highest BCUT2D eigenvalue weighted by Crippen LogP contribution is 2.43. The molecule has 0 unspecified atom stereocenters. The number of nitrogens with zero attached hydrogens (tertiary/aromatic N) is 1. The summed E-state index contributed by atoms with van der Waals surface area (Å²) in [7, 11) is 1.48. The van der Waals surface area contributed by atoms with Crippen LogP contribution in [0.3, 0.4) is 0 Å². The summed E-state index contributed by atoms with van der Waals surface area (Å²) in [5.74, 6) is 1.31. The average Bonchev–Trinajstić information content (AvgIpc) is 2.28. The summed E-state index contributed by atoms with van der Waals surface area (Å²) in [6, 6.07) is 3.60. The molecule has 78 valence electrons. The molecule has 1 aliphatic heterocycles. The predicted molar refractivity (Wildman–Crippen MR) is 53.7 cm³/mol. The lowest BCUT2D eigenvalue weighted by Gasteiger charge is -2.20. The molecule has 1 aliphatic rings. The third kappa shape index (κ3) is 1.55. The molecule has 1 aromatic rings. The van der Waals surface area contributed by atoms with E-state index in [1.165, 1.54) is 7.11 Å². The number of benzene rings is 1. The second kappa shape index (κ2) is 3.87. The predicted octanol–water partition coefficient (Wildman–Crippen LogP) is 1.99. The lowest BCUT2D eigenvalue weighted by molar-refractivity contribution is 0.170. The first kappa shape index (κ1) is 9.94. The van der Waals surface area contributed by atoms with Crippen LogP contribution in [-0.4, -0.2) is 20.3 Å². The zero-order chi connectivity index (χ0) is 10.8. The van der Waals surface area contributed by atoms with Gasteiger partial charge in [-0.1, -0.05) is 11.6 Å². The summed E-state index contributed by atoms with van der Waals surface area (Å²) >= 11 is 5.96. The van der Waals surface area contributed by atoms with Gasteiger partial charge in [-0.15, -0.1) is 0 Å². The van der Waals surface area contributed by atoms with Gasteiger partial charge in [-0.2, -0.15) is 5.26 Å². The molecular weight excluding hydrogens is 218 g/mol. The fraction of sp³-hybridized carbons (Fsp3) is 0.300. The summed E-state index contributed by atoms with van der Waals surface area (Å²) in [4.78, 5) is 0. The van der Waals surface area contributed by atoms with Crippen LogP contribution in [0.5, 0.6) is 17.2 Å². The van der Waals surface area contributed by atoms with E-state index >= 15 is 0 Å². The number of halogens is 1. The van der Waals surface area contributed by atoms with Gasteiger partial charge in [0.15, 0.2) is 11.5 Å². The van der Waals surface area contributed by atoms with E-state index in [1.807, 2.05) is 6.07 Å². The second-order valence-electron chi connectivity index (χ2n) is 2.90. The molecule has 15 heavy (non-hydrogen) atoms. The first-order chi connectivity index (χ1) is 7.27. The summed E-state index contributed by atoms with van der Waals surface area (Å²) in [6.07, 6.45) is 0.